The number of rotatable bonds is 10. The van der Waals surface area contributed by atoms with Crippen molar-refractivity contribution in [2.24, 2.45) is 0 Å². The van der Waals surface area contributed by atoms with Crippen LogP contribution >= 0.6 is 0 Å². The summed E-state index contributed by atoms with van der Waals surface area (Å²) in [5.41, 5.74) is 0. The van der Waals surface area contributed by atoms with Crippen LogP contribution in [0, 0.1) is 0 Å². The molecule has 0 bridgehead atoms. The van der Waals surface area contributed by atoms with E-state index in [0.29, 0.717) is 6.42 Å². The van der Waals surface area contributed by atoms with Crippen molar-refractivity contribution in [2.75, 3.05) is 6.54 Å². The second kappa shape index (κ2) is 14.3. The van der Waals surface area contributed by atoms with Gasteiger partial charge >= 0.3 is 5.97 Å². The van der Waals surface area contributed by atoms with Crippen LogP contribution in [0.5, 0.6) is 0 Å². The number of unbranched alkanes of at least 4 members (excludes halogenated alkanes) is 6. The molecule has 0 heterocycles. The first-order valence-corrected chi connectivity index (χ1v) is 6.15. The largest absolute Gasteiger partial charge is 0.480 e. The van der Waals surface area contributed by atoms with E-state index in [0.717, 1.165) is 12.8 Å². The van der Waals surface area contributed by atoms with Gasteiger partial charge in [0.2, 0.25) is 5.91 Å². The van der Waals surface area contributed by atoms with Crippen molar-refractivity contribution in [1.29, 1.82) is 0 Å². The van der Waals surface area contributed by atoms with E-state index in [1.54, 1.807) is 0 Å². The first kappa shape index (κ1) is 19.5. The number of carboxylic acids is 1. The van der Waals surface area contributed by atoms with Crippen LogP contribution in [-0.2, 0) is 9.59 Å². The van der Waals surface area contributed by atoms with Crippen LogP contribution < -0.4 is 5.32 Å². The van der Waals surface area contributed by atoms with Crippen molar-refractivity contribution in [3.05, 3.63) is 0 Å². The van der Waals surface area contributed by atoms with Crippen molar-refractivity contribution < 1.29 is 14.7 Å². The molecule has 0 rings (SSSR count). The summed E-state index contributed by atoms with van der Waals surface area (Å²) in [6, 6.07) is 0. The Morgan fingerprint density at radius 1 is 1.00 bits per heavy atom. The van der Waals surface area contributed by atoms with Crippen LogP contribution in [0.1, 0.15) is 58.3 Å². The molecule has 0 aliphatic carbocycles. The summed E-state index contributed by atoms with van der Waals surface area (Å²) in [7, 11) is 0. The van der Waals surface area contributed by atoms with Crippen LogP contribution in [-0.4, -0.2) is 61.3 Å². The summed E-state index contributed by atoms with van der Waals surface area (Å²) in [5.74, 6) is -1.15. The molecule has 0 aliphatic rings. The van der Waals surface area contributed by atoms with Gasteiger partial charge in [0.05, 0.1) is 0 Å². The summed E-state index contributed by atoms with van der Waals surface area (Å²) in [6.45, 7) is 1.92. The van der Waals surface area contributed by atoms with Crippen LogP contribution in [0.4, 0.5) is 0 Å². The zero-order valence-electron chi connectivity index (χ0n) is 10.8. The quantitative estimate of drug-likeness (QED) is 0.470. The first-order chi connectivity index (χ1) is 7.66. The Labute approximate surface area is 134 Å². The predicted octanol–water partition coefficient (Wildman–Crippen LogP) is 1.95. The smallest absolute Gasteiger partial charge is 0.322 e. The standard InChI is InChI=1S/C12H23NO3.Ca/c1-2-3-4-5-6-7-8-9-11(14)13-10-12(15)16;/h2-10H2,1H3,(H,13,14)(H,15,16);. The van der Waals surface area contributed by atoms with Crippen LogP contribution in [0.25, 0.3) is 0 Å². The molecule has 0 aromatic carbocycles. The molecule has 5 heteroatoms. The van der Waals surface area contributed by atoms with E-state index in [1.807, 2.05) is 0 Å². The van der Waals surface area contributed by atoms with Gasteiger partial charge in [-0.15, -0.1) is 0 Å². The number of hydrogen-bond donors (Lipinski definition) is 2. The molecule has 0 saturated heterocycles. The van der Waals surface area contributed by atoms with E-state index >= 15 is 0 Å². The van der Waals surface area contributed by atoms with Gasteiger partial charge in [0, 0.05) is 44.2 Å². The van der Waals surface area contributed by atoms with Crippen molar-refractivity contribution in [3.63, 3.8) is 0 Å². The molecule has 0 spiro atoms. The zero-order valence-corrected chi connectivity index (χ0v) is 13.0. The minimum absolute atomic E-state index is 0. The summed E-state index contributed by atoms with van der Waals surface area (Å²) in [5, 5.41) is 10.7. The van der Waals surface area contributed by atoms with Gasteiger partial charge in [0.25, 0.3) is 0 Å². The maximum Gasteiger partial charge on any atom is 0.322 e. The zero-order chi connectivity index (χ0) is 12.2. The fraction of sp³-hybridized carbons (Fsp3) is 0.833. The van der Waals surface area contributed by atoms with Gasteiger partial charge in [-0.05, 0) is 6.42 Å². The topological polar surface area (TPSA) is 66.4 Å². The van der Waals surface area contributed by atoms with Crippen molar-refractivity contribution >= 4 is 49.6 Å². The fourth-order valence-electron chi connectivity index (χ4n) is 1.51. The fourth-order valence-corrected chi connectivity index (χ4v) is 1.51. The molecule has 1 amide bonds. The third-order valence-electron chi connectivity index (χ3n) is 2.44. The molecular weight excluding hydrogens is 246 g/mol. The number of hydrogen-bond acceptors (Lipinski definition) is 2. The van der Waals surface area contributed by atoms with E-state index in [2.05, 4.69) is 12.2 Å². The molecule has 0 saturated carbocycles. The summed E-state index contributed by atoms with van der Waals surface area (Å²) in [6.07, 6.45) is 8.60. The number of nitrogens with one attached hydrogen (secondary N) is 1. The number of carbonyl (C=O) groups is 2. The van der Waals surface area contributed by atoms with Gasteiger partial charge in [-0.1, -0.05) is 45.4 Å². The minimum atomic E-state index is -0.993. The van der Waals surface area contributed by atoms with Crippen LogP contribution in [0.2, 0.25) is 0 Å². The second-order valence-electron chi connectivity index (χ2n) is 4.04. The molecular formula is C12H23CaNO3. The molecule has 0 fully saturated rings. The average molecular weight is 269 g/mol. The summed E-state index contributed by atoms with van der Waals surface area (Å²) < 4.78 is 0. The normalized spacial score (nSPS) is 9.47. The van der Waals surface area contributed by atoms with E-state index in [9.17, 15) is 9.59 Å². The van der Waals surface area contributed by atoms with Crippen molar-refractivity contribution in [3.8, 4) is 0 Å². The van der Waals surface area contributed by atoms with E-state index in [1.165, 1.54) is 32.1 Å². The molecule has 96 valence electrons. The molecule has 2 N–H and O–H groups in total. The Morgan fingerprint density at radius 3 is 2.06 bits per heavy atom. The molecule has 0 atom stereocenters. The van der Waals surface area contributed by atoms with Crippen molar-refractivity contribution in [2.45, 2.75) is 58.3 Å². The maximum absolute atomic E-state index is 11.1. The van der Waals surface area contributed by atoms with E-state index in [4.69, 9.17) is 5.11 Å². The van der Waals surface area contributed by atoms with Gasteiger partial charge in [-0.25, -0.2) is 0 Å². The van der Waals surface area contributed by atoms with Gasteiger partial charge in [-0.2, -0.15) is 0 Å². The summed E-state index contributed by atoms with van der Waals surface area (Å²) >= 11 is 0. The van der Waals surface area contributed by atoms with E-state index < -0.39 is 5.97 Å². The maximum atomic E-state index is 11.1. The van der Waals surface area contributed by atoms with Gasteiger partial charge in [-0.3, -0.25) is 9.59 Å². The summed E-state index contributed by atoms with van der Waals surface area (Å²) in [4.78, 5) is 21.3. The molecule has 4 nitrogen and oxygen atoms in total. The Morgan fingerprint density at radius 2 is 1.53 bits per heavy atom. The van der Waals surface area contributed by atoms with E-state index in [-0.39, 0.29) is 50.2 Å². The molecule has 0 aromatic rings. The molecule has 0 unspecified atom stereocenters. The Hall–Kier alpha value is 0.200. The van der Waals surface area contributed by atoms with Gasteiger partial charge in [0.1, 0.15) is 6.54 Å². The molecule has 0 aromatic heterocycles. The average Bonchev–Trinajstić information content (AvgIpc) is 2.25. The number of aliphatic carboxylic acids is 1. The Bertz CT molecular complexity index is 210. The van der Waals surface area contributed by atoms with Gasteiger partial charge < -0.3 is 10.4 Å². The molecule has 2 radical (unpaired) electrons. The van der Waals surface area contributed by atoms with Crippen LogP contribution in [0.3, 0.4) is 0 Å². The van der Waals surface area contributed by atoms with Gasteiger partial charge in [0.15, 0.2) is 0 Å². The number of carbonyl (C=O) groups excluding carboxylic acids is 1. The molecule has 0 aliphatic heterocycles. The second-order valence-corrected chi connectivity index (χ2v) is 4.04. The Balaban J connectivity index is 0. The number of carboxylic acid groups (broad SMARTS) is 1. The van der Waals surface area contributed by atoms with Crippen LogP contribution in [0.15, 0.2) is 0 Å². The van der Waals surface area contributed by atoms with Crippen molar-refractivity contribution in [1.82, 2.24) is 5.32 Å². The minimum Gasteiger partial charge on any atom is -0.480 e. The Kier molecular flexibility index (Phi) is 16.4. The predicted molar refractivity (Wildman–Crippen MR) is 69.0 cm³/mol. The molecule has 17 heavy (non-hydrogen) atoms. The monoisotopic (exact) mass is 269 g/mol. The number of amides is 1. The SMILES string of the molecule is CCCCCCCCCC(=O)NCC(=O)O.[Ca]. The third kappa shape index (κ3) is 16.2. The third-order valence-corrected chi connectivity index (χ3v) is 2.44. The first-order valence-electron chi connectivity index (χ1n) is 6.15.